The minimum absolute atomic E-state index is 0.0214. The number of hydrogen-bond donors (Lipinski definition) is 2. The van der Waals surface area contributed by atoms with E-state index in [4.69, 9.17) is 0 Å². The second kappa shape index (κ2) is 5.40. The summed E-state index contributed by atoms with van der Waals surface area (Å²) in [7, 11) is 0. The lowest BCUT2D eigenvalue weighted by molar-refractivity contribution is -0.0259. The molecule has 1 aliphatic heterocycles. The highest BCUT2D eigenvalue weighted by Crippen LogP contribution is 2.38. The number of likely N-dealkylation sites (tertiary alicyclic amines) is 1. The third-order valence-electron chi connectivity index (χ3n) is 4.10. The Hall–Kier alpha value is -1.62. The molecule has 0 spiro atoms. The van der Waals surface area contributed by atoms with Crippen molar-refractivity contribution in [2.45, 2.75) is 38.3 Å². The summed E-state index contributed by atoms with van der Waals surface area (Å²) in [6.45, 7) is 3.87. The van der Waals surface area contributed by atoms with Crippen LogP contribution in [-0.4, -0.2) is 33.4 Å². The van der Waals surface area contributed by atoms with Gasteiger partial charge in [-0.05, 0) is 50.3 Å². The van der Waals surface area contributed by atoms with Gasteiger partial charge in [-0.15, -0.1) is 0 Å². The molecule has 2 rings (SSSR count). The van der Waals surface area contributed by atoms with Gasteiger partial charge in [0, 0.05) is 6.54 Å². The van der Waals surface area contributed by atoms with Crippen LogP contribution in [0.1, 0.15) is 38.3 Å². The number of benzene rings is 1. The molecule has 1 aromatic carbocycles. The van der Waals surface area contributed by atoms with E-state index >= 15 is 0 Å². The molecular formula is C15H20FNO3. The van der Waals surface area contributed by atoms with E-state index in [1.165, 1.54) is 17.0 Å². The van der Waals surface area contributed by atoms with Crippen molar-refractivity contribution in [3.05, 3.63) is 35.6 Å². The summed E-state index contributed by atoms with van der Waals surface area (Å²) < 4.78 is 13.0. The summed E-state index contributed by atoms with van der Waals surface area (Å²) in [5, 5.41) is 19.5. The average Bonchev–Trinajstić information content (AvgIpc) is 2.37. The summed E-state index contributed by atoms with van der Waals surface area (Å²) in [6.07, 6.45) is 0.197. The van der Waals surface area contributed by atoms with Crippen LogP contribution in [0.3, 0.4) is 0 Å². The van der Waals surface area contributed by atoms with E-state index in [9.17, 15) is 19.4 Å². The number of halogens is 1. The first-order valence-electron chi connectivity index (χ1n) is 6.76. The monoisotopic (exact) mass is 281 g/mol. The molecule has 1 aromatic rings. The van der Waals surface area contributed by atoms with Crippen LogP contribution in [0.2, 0.25) is 0 Å². The molecule has 5 heteroatoms. The molecule has 1 unspecified atom stereocenters. The topological polar surface area (TPSA) is 60.8 Å². The Labute approximate surface area is 117 Å². The molecule has 1 amide bonds. The van der Waals surface area contributed by atoms with E-state index < -0.39 is 11.7 Å². The Morgan fingerprint density at radius 2 is 1.95 bits per heavy atom. The maximum absolute atomic E-state index is 13.0. The van der Waals surface area contributed by atoms with Crippen LogP contribution >= 0.6 is 0 Å². The van der Waals surface area contributed by atoms with Gasteiger partial charge >= 0.3 is 6.09 Å². The molecule has 2 N–H and O–H groups in total. The molecule has 1 saturated heterocycles. The summed E-state index contributed by atoms with van der Waals surface area (Å²) in [6, 6.07) is 5.57. The van der Waals surface area contributed by atoms with Crippen LogP contribution in [0.25, 0.3) is 0 Å². The molecule has 4 nitrogen and oxygen atoms in total. The van der Waals surface area contributed by atoms with Gasteiger partial charge in [-0.2, -0.15) is 0 Å². The number of aliphatic hydroxyl groups is 1. The Kier molecular flexibility index (Phi) is 3.99. The van der Waals surface area contributed by atoms with Gasteiger partial charge in [0.05, 0.1) is 11.6 Å². The first kappa shape index (κ1) is 14.8. The van der Waals surface area contributed by atoms with E-state index in [-0.39, 0.29) is 17.8 Å². The molecule has 1 fully saturated rings. The average molecular weight is 281 g/mol. The first-order valence-corrected chi connectivity index (χ1v) is 6.76. The molecule has 1 aliphatic rings. The molecule has 0 bridgehead atoms. The van der Waals surface area contributed by atoms with Crippen molar-refractivity contribution in [2.75, 3.05) is 6.54 Å². The number of amides is 1. The van der Waals surface area contributed by atoms with Gasteiger partial charge in [-0.1, -0.05) is 12.1 Å². The van der Waals surface area contributed by atoms with Crippen molar-refractivity contribution >= 4 is 6.09 Å². The predicted molar refractivity (Wildman–Crippen MR) is 72.9 cm³/mol. The van der Waals surface area contributed by atoms with Crippen LogP contribution in [0.15, 0.2) is 24.3 Å². The number of rotatable bonds is 2. The van der Waals surface area contributed by atoms with Gasteiger partial charge in [-0.25, -0.2) is 9.18 Å². The maximum atomic E-state index is 13.0. The highest BCUT2D eigenvalue weighted by atomic mass is 19.1. The summed E-state index contributed by atoms with van der Waals surface area (Å²) >= 11 is 0. The van der Waals surface area contributed by atoms with Crippen molar-refractivity contribution in [1.82, 2.24) is 4.90 Å². The summed E-state index contributed by atoms with van der Waals surface area (Å²) in [4.78, 5) is 12.7. The fourth-order valence-corrected chi connectivity index (χ4v) is 2.84. The van der Waals surface area contributed by atoms with Crippen LogP contribution in [0.4, 0.5) is 9.18 Å². The van der Waals surface area contributed by atoms with Gasteiger partial charge < -0.3 is 15.1 Å². The number of nitrogens with zero attached hydrogens (tertiary/aromatic N) is 1. The maximum Gasteiger partial charge on any atom is 0.407 e. The van der Waals surface area contributed by atoms with Gasteiger partial charge in [0.15, 0.2) is 0 Å². The van der Waals surface area contributed by atoms with Crippen molar-refractivity contribution in [3.8, 4) is 0 Å². The normalized spacial score (nSPS) is 23.7. The molecule has 0 aliphatic carbocycles. The number of hydrogen-bond acceptors (Lipinski definition) is 2. The third-order valence-corrected chi connectivity index (χ3v) is 4.10. The second-order valence-electron chi connectivity index (χ2n) is 5.92. The Balaban J connectivity index is 2.27. The minimum atomic E-state index is -0.978. The quantitative estimate of drug-likeness (QED) is 0.876. The van der Waals surface area contributed by atoms with Crippen molar-refractivity contribution < 1.29 is 19.4 Å². The van der Waals surface area contributed by atoms with Gasteiger partial charge in [0.2, 0.25) is 0 Å². The second-order valence-corrected chi connectivity index (χ2v) is 5.92. The van der Waals surface area contributed by atoms with Crippen molar-refractivity contribution in [2.24, 2.45) is 5.92 Å². The lowest BCUT2D eigenvalue weighted by Crippen LogP contribution is -2.45. The Morgan fingerprint density at radius 3 is 2.45 bits per heavy atom. The van der Waals surface area contributed by atoms with E-state index in [2.05, 4.69) is 0 Å². The molecular weight excluding hydrogens is 261 g/mol. The Morgan fingerprint density at radius 1 is 1.35 bits per heavy atom. The summed E-state index contributed by atoms with van der Waals surface area (Å²) in [5.41, 5.74) is -0.0779. The lowest BCUT2D eigenvalue weighted by Gasteiger charge is -2.42. The van der Waals surface area contributed by atoms with Crippen LogP contribution in [0.5, 0.6) is 0 Å². The van der Waals surface area contributed by atoms with Crippen molar-refractivity contribution in [1.29, 1.82) is 0 Å². The standard InChI is InChI=1S/C15H20FNO3/c1-15(2,20)11-7-8-17(14(18)19)13(9-11)10-3-5-12(16)6-4-10/h3-6,11,13,20H,7-9H2,1-2H3,(H,18,19)/t11?,13-/m1/s1. The van der Waals surface area contributed by atoms with E-state index in [0.29, 0.717) is 19.4 Å². The van der Waals surface area contributed by atoms with Gasteiger partial charge in [0.25, 0.3) is 0 Å². The molecule has 0 radical (unpaired) electrons. The molecule has 0 aromatic heterocycles. The highest BCUT2D eigenvalue weighted by molar-refractivity contribution is 5.66. The van der Waals surface area contributed by atoms with Gasteiger partial charge in [-0.3, -0.25) is 0 Å². The first-order chi connectivity index (χ1) is 9.29. The predicted octanol–water partition coefficient (Wildman–Crippen LogP) is 3.03. The molecule has 20 heavy (non-hydrogen) atoms. The number of carboxylic acid groups (broad SMARTS) is 1. The zero-order valence-corrected chi connectivity index (χ0v) is 11.7. The number of carbonyl (C=O) groups is 1. The molecule has 2 atom stereocenters. The van der Waals surface area contributed by atoms with Gasteiger partial charge in [0.1, 0.15) is 5.82 Å². The summed E-state index contributed by atoms with van der Waals surface area (Å²) in [5.74, 6) is -0.321. The van der Waals surface area contributed by atoms with Crippen LogP contribution in [-0.2, 0) is 0 Å². The zero-order chi connectivity index (χ0) is 14.9. The molecule has 110 valence electrons. The zero-order valence-electron chi connectivity index (χ0n) is 11.7. The third kappa shape index (κ3) is 3.10. The molecule has 0 saturated carbocycles. The fourth-order valence-electron chi connectivity index (χ4n) is 2.84. The largest absolute Gasteiger partial charge is 0.465 e. The van der Waals surface area contributed by atoms with Crippen LogP contribution in [0, 0.1) is 11.7 Å². The van der Waals surface area contributed by atoms with Crippen molar-refractivity contribution in [3.63, 3.8) is 0 Å². The minimum Gasteiger partial charge on any atom is -0.465 e. The fraction of sp³-hybridized carbons (Fsp3) is 0.533. The number of piperidine rings is 1. The van der Waals surface area contributed by atoms with E-state index in [1.807, 2.05) is 0 Å². The van der Waals surface area contributed by atoms with E-state index in [0.717, 1.165) is 5.56 Å². The van der Waals surface area contributed by atoms with E-state index in [1.54, 1.807) is 26.0 Å². The molecule has 1 heterocycles. The SMILES string of the molecule is CC(C)(O)C1CCN(C(=O)O)[C@@H](c2ccc(F)cc2)C1. The lowest BCUT2D eigenvalue weighted by atomic mass is 9.78. The highest BCUT2D eigenvalue weighted by Gasteiger charge is 2.38. The van der Waals surface area contributed by atoms with Crippen LogP contribution < -0.4 is 0 Å². The smallest absolute Gasteiger partial charge is 0.407 e. The Bertz CT molecular complexity index is 481.